The maximum atomic E-state index is 12.6. The quantitative estimate of drug-likeness (QED) is 0.503. The van der Waals surface area contributed by atoms with Crippen LogP contribution in [0.15, 0.2) is 53.4 Å². The summed E-state index contributed by atoms with van der Waals surface area (Å²) in [5, 5.41) is 4.17. The third-order valence-corrected chi connectivity index (χ3v) is 5.48. The Kier molecular flexibility index (Phi) is 5.40. The normalized spacial score (nSPS) is 10.6. The van der Waals surface area contributed by atoms with Gasteiger partial charge in [-0.1, -0.05) is 18.2 Å². The summed E-state index contributed by atoms with van der Waals surface area (Å²) in [4.78, 5) is 26.0. The van der Waals surface area contributed by atoms with Crippen LogP contribution in [-0.2, 0) is 4.74 Å². The molecule has 0 fully saturated rings. The minimum absolute atomic E-state index is 0.246. The van der Waals surface area contributed by atoms with E-state index in [4.69, 9.17) is 4.74 Å². The zero-order valence-corrected chi connectivity index (χ0v) is 15.5. The zero-order chi connectivity index (χ0) is 17.8. The molecule has 0 unspecified atom stereocenters. The van der Waals surface area contributed by atoms with Crippen LogP contribution >= 0.6 is 23.1 Å². The summed E-state index contributed by atoms with van der Waals surface area (Å²) in [7, 11) is 0. The van der Waals surface area contributed by atoms with Crippen LogP contribution in [-0.4, -0.2) is 24.7 Å². The van der Waals surface area contributed by atoms with Crippen LogP contribution < -0.4 is 5.32 Å². The van der Waals surface area contributed by atoms with Crippen molar-refractivity contribution in [2.24, 2.45) is 0 Å². The Morgan fingerprint density at radius 1 is 1.12 bits per heavy atom. The Morgan fingerprint density at radius 3 is 2.52 bits per heavy atom. The number of thiophene rings is 1. The van der Waals surface area contributed by atoms with E-state index in [1.54, 1.807) is 30.8 Å². The first-order valence-electron chi connectivity index (χ1n) is 7.78. The molecule has 1 heterocycles. The molecule has 3 rings (SSSR count). The van der Waals surface area contributed by atoms with Crippen LogP contribution in [0.5, 0.6) is 0 Å². The van der Waals surface area contributed by atoms with E-state index in [0.29, 0.717) is 16.1 Å². The number of nitrogens with one attached hydrogen (secondary N) is 1. The SMILES string of the molecule is CCOC(=O)c1c(NC(=O)c2ccc(SC)cc2)sc2ccccc12. The van der Waals surface area contributed by atoms with E-state index in [0.717, 1.165) is 15.0 Å². The van der Waals surface area contributed by atoms with Gasteiger partial charge in [0.2, 0.25) is 0 Å². The largest absolute Gasteiger partial charge is 0.462 e. The van der Waals surface area contributed by atoms with E-state index in [1.165, 1.54) is 11.3 Å². The second-order valence-corrected chi connectivity index (χ2v) is 7.14. The van der Waals surface area contributed by atoms with Crippen molar-refractivity contribution in [2.75, 3.05) is 18.2 Å². The van der Waals surface area contributed by atoms with Gasteiger partial charge in [-0.25, -0.2) is 4.79 Å². The van der Waals surface area contributed by atoms with Gasteiger partial charge in [0, 0.05) is 20.5 Å². The minimum Gasteiger partial charge on any atom is -0.462 e. The minimum atomic E-state index is -0.423. The highest BCUT2D eigenvalue weighted by atomic mass is 32.2. The molecule has 0 bridgehead atoms. The molecule has 6 heteroatoms. The molecule has 0 radical (unpaired) electrons. The van der Waals surface area contributed by atoms with E-state index in [9.17, 15) is 9.59 Å². The van der Waals surface area contributed by atoms with E-state index in [1.807, 2.05) is 42.7 Å². The molecule has 128 valence electrons. The van der Waals surface area contributed by atoms with E-state index >= 15 is 0 Å². The Balaban J connectivity index is 1.95. The number of anilines is 1. The van der Waals surface area contributed by atoms with Crippen LogP contribution in [0.3, 0.4) is 0 Å². The van der Waals surface area contributed by atoms with Gasteiger partial charge in [-0.3, -0.25) is 4.79 Å². The first-order chi connectivity index (χ1) is 12.1. The number of thioether (sulfide) groups is 1. The van der Waals surface area contributed by atoms with Gasteiger partial charge in [-0.05, 0) is 43.5 Å². The van der Waals surface area contributed by atoms with Crippen LogP contribution in [0, 0.1) is 0 Å². The average Bonchev–Trinajstić information content (AvgIpc) is 2.99. The molecular formula is C19H17NO3S2. The average molecular weight is 371 g/mol. The molecule has 1 amide bonds. The smallest absolute Gasteiger partial charge is 0.341 e. The number of fused-ring (bicyclic) bond motifs is 1. The second kappa shape index (κ2) is 7.72. The Hall–Kier alpha value is -2.31. The van der Waals surface area contributed by atoms with E-state index in [2.05, 4.69) is 5.32 Å². The summed E-state index contributed by atoms with van der Waals surface area (Å²) in [6, 6.07) is 14.9. The molecule has 0 atom stereocenters. The fraction of sp³-hybridized carbons (Fsp3) is 0.158. The van der Waals surface area contributed by atoms with Crippen molar-refractivity contribution in [3.63, 3.8) is 0 Å². The van der Waals surface area contributed by atoms with Gasteiger partial charge in [-0.2, -0.15) is 0 Å². The van der Waals surface area contributed by atoms with Crippen LogP contribution in [0.2, 0.25) is 0 Å². The fourth-order valence-electron chi connectivity index (χ4n) is 2.46. The van der Waals surface area contributed by atoms with Crippen molar-refractivity contribution in [1.29, 1.82) is 0 Å². The van der Waals surface area contributed by atoms with Crippen molar-refractivity contribution in [3.05, 3.63) is 59.7 Å². The number of benzene rings is 2. The van der Waals surface area contributed by atoms with Crippen molar-refractivity contribution in [3.8, 4) is 0 Å². The lowest BCUT2D eigenvalue weighted by atomic mass is 10.1. The molecule has 0 aliphatic carbocycles. The van der Waals surface area contributed by atoms with Gasteiger partial charge in [-0.15, -0.1) is 23.1 Å². The molecule has 4 nitrogen and oxygen atoms in total. The van der Waals surface area contributed by atoms with Gasteiger partial charge in [0.05, 0.1) is 6.61 Å². The maximum Gasteiger partial charge on any atom is 0.341 e. The molecule has 0 aliphatic heterocycles. The van der Waals surface area contributed by atoms with Crippen LogP contribution in [0.1, 0.15) is 27.6 Å². The third-order valence-electron chi connectivity index (χ3n) is 3.65. The number of hydrogen-bond donors (Lipinski definition) is 1. The van der Waals surface area contributed by atoms with Crippen molar-refractivity contribution < 1.29 is 14.3 Å². The molecule has 1 aromatic heterocycles. The van der Waals surface area contributed by atoms with Gasteiger partial charge in [0.1, 0.15) is 10.6 Å². The molecule has 0 aliphatic rings. The molecule has 0 saturated carbocycles. The highest BCUT2D eigenvalue weighted by Gasteiger charge is 2.21. The number of ether oxygens (including phenoxy) is 1. The Morgan fingerprint density at radius 2 is 1.84 bits per heavy atom. The number of carbonyl (C=O) groups is 2. The van der Waals surface area contributed by atoms with Crippen LogP contribution in [0.4, 0.5) is 5.00 Å². The second-order valence-electron chi connectivity index (χ2n) is 5.21. The summed E-state index contributed by atoms with van der Waals surface area (Å²) in [5.41, 5.74) is 0.960. The maximum absolute atomic E-state index is 12.6. The number of rotatable bonds is 5. The molecular weight excluding hydrogens is 354 g/mol. The molecule has 25 heavy (non-hydrogen) atoms. The first kappa shape index (κ1) is 17.5. The third kappa shape index (κ3) is 3.70. The first-order valence-corrected chi connectivity index (χ1v) is 9.82. The standard InChI is InChI=1S/C19H17NO3S2/c1-3-23-19(22)16-14-6-4-5-7-15(14)25-18(16)20-17(21)12-8-10-13(24-2)11-9-12/h4-11H,3H2,1-2H3,(H,20,21). The van der Waals surface area contributed by atoms with Crippen molar-refractivity contribution >= 4 is 50.1 Å². The van der Waals surface area contributed by atoms with E-state index < -0.39 is 5.97 Å². The zero-order valence-electron chi connectivity index (χ0n) is 13.9. The van der Waals surface area contributed by atoms with Crippen molar-refractivity contribution in [1.82, 2.24) is 0 Å². The highest BCUT2D eigenvalue weighted by Crippen LogP contribution is 2.36. The summed E-state index contributed by atoms with van der Waals surface area (Å²) < 4.78 is 6.10. The molecule has 0 saturated heterocycles. The number of esters is 1. The summed E-state index contributed by atoms with van der Waals surface area (Å²) in [6.07, 6.45) is 1.98. The van der Waals surface area contributed by atoms with Crippen molar-refractivity contribution in [2.45, 2.75) is 11.8 Å². The lowest BCUT2D eigenvalue weighted by molar-refractivity contribution is 0.0530. The van der Waals surface area contributed by atoms with Crippen LogP contribution in [0.25, 0.3) is 10.1 Å². The molecule has 1 N–H and O–H groups in total. The monoisotopic (exact) mass is 371 g/mol. The summed E-state index contributed by atoms with van der Waals surface area (Å²) >= 11 is 2.99. The number of carbonyl (C=O) groups excluding carboxylic acids is 2. The summed E-state index contributed by atoms with van der Waals surface area (Å²) in [5.74, 6) is -0.669. The predicted molar refractivity (Wildman–Crippen MR) is 104 cm³/mol. The Bertz CT molecular complexity index is 916. The topological polar surface area (TPSA) is 55.4 Å². The fourth-order valence-corrected chi connectivity index (χ4v) is 3.95. The number of amides is 1. The van der Waals surface area contributed by atoms with Gasteiger partial charge >= 0.3 is 5.97 Å². The molecule has 2 aromatic carbocycles. The van der Waals surface area contributed by atoms with Gasteiger partial charge in [0.25, 0.3) is 5.91 Å². The molecule has 0 spiro atoms. The Labute approximate surface area is 154 Å². The molecule has 3 aromatic rings. The highest BCUT2D eigenvalue weighted by molar-refractivity contribution is 7.98. The van der Waals surface area contributed by atoms with Gasteiger partial charge in [0.15, 0.2) is 0 Å². The lowest BCUT2D eigenvalue weighted by Gasteiger charge is -2.07. The number of hydrogen-bond acceptors (Lipinski definition) is 5. The van der Waals surface area contributed by atoms with E-state index in [-0.39, 0.29) is 12.5 Å². The van der Waals surface area contributed by atoms with Gasteiger partial charge < -0.3 is 10.1 Å². The summed E-state index contributed by atoms with van der Waals surface area (Å²) in [6.45, 7) is 2.05. The predicted octanol–water partition coefficient (Wildman–Crippen LogP) is 5.05. The lowest BCUT2D eigenvalue weighted by Crippen LogP contribution is -2.14.